The Morgan fingerprint density at radius 2 is 1.72 bits per heavy atom. The van der Waals surface area contributed by atoms with Crippen LogP contribution in [-0.4, -0.2) is 48.0 Å². The summed E-state index contributed by atoms with van der Waals surface area (Å²) < 4.78 is 0. The van der Waals surface area contributed by atoms with Crippen LogP contribution < -0.4 is 0 Å². The van der Waals surface area contributed by atoms with E-state index in [1.807, 2.05) is 0 Å². The molecule has 18 heavy (non-hydrogen) atoms. The molecule has 2 aliphatic rings. The maximum Gasteiger partial charge on any atom is 0.0499 e. The summed E-state index contributed by atoms with van der Waals surface area (Å²) in [6, 6.07) is 0. The van der Waals surface area contributed by atoms with Gasteiger partial charge >= 0.3 is 0 Å². The number of rotatable bonds is 4. The van der Waals surface area contributed by atoms with E-state index in [2.05, 4.69) is 4.90 Å². The molecule has 0 aromatic rings. The van der Waals surface area contributed by atoms with Gasteiger partial charge in [-0.25, -0.2) is 0 Å². The highest BCUT2D eigenvalue weighted by Crippen LogP contribution is 2.36. The Balaban J connectivity index is 1.91. The quantitative estimate of drug-likeness (QED) is 0.755. The minimum atomic E-state index is 0.147. The third-order valence-electron chi connectivity index (χ3n) is 4.92. The van der Waals surface area contributed by atoms with Crippen LogP contribution in [0.1, 0.15) is 51.4 Å². The first-order valence-electron chi connectivity index (χ1n) is 7.72. The molecule has 0 radical (unpaired) electrons. The maximum absolute atomic E-state index is 9.84. The fraction of sp³-hybridized carbons (Fsp3) is 1.00. The molecule has 2 N–H and O–H groups in total. The Morgan fingerprint density at radius 1 is 1.00 bits per heavy atom. The third-order valence-corrected chi connectivity index (χ3v) is 4.92. The van der Waals surface area contributed by atoms with Gasteiger partial charge in [0.15, 0.2) is 0 Å². The Kier molecular flexibility index (Phi) is 5.46. The SMILES string of the molecule is OCC1CCCN(CC2(CO)CCCCCC2)C1. The largest absolute Gasteiger partial charge is 0.396 e. The van der Waals surface area contributed by atoms with Gasteiger partial charge in [0.05, 0.1) is 0 Å². The lowest BCUT2D eigenvalue weighted by Crippen LogP contribution is -2.45. The monoisotopic (exact) mass is 255 g/mol. The summed E-state index contributed by atoms with van der Waals surface area (Å²) in [7, 11) is 0. The molecule has 0 spiro atoms. The van der Waals surface area contributed by atoms with Gasteiger partial charge in [0.2, 0.25) is 0 Å². The first kappa shape index (κ1) is 14.3. The molecule has 1 heterocycles. The van der Waals surface area contributed by atoms with Gasteiger partial charge in [0.1, 0.15) is 0 Å². The number of nitrogens with zero attached hydrogens (tertiary/aromatic N) is 1. The second-order valence-corrected chi connectivity index (χ2v) is 6.50. The molecule has 3 nitrogen and oxygen atoms in total. The van der Waals surface area contributed by atoms with Crippen molar-refractivity contribution < 1.29 is 10.2 Å². The van der Waals surface area contributed by atoms with Gasteiger partial charge in [-0.2, -0.15) is 0 Å². The van der Waals surface area contributed by atoms with Crippen molar-refractivity contribution in [1.82, 2.24) is 4.90 Å². The minimum absolute atomic E-state index is 0.147. The van der Waals surface area contributed by atoms with E-state index in [9.17, 15) is 10.2 Å². The van der Waals surface area contributed by atoms with Crippen molar-refractivity contribution in [2.45, 2.75) is 51.4 Å². The van der Waals surface area contributed by atoms with E-state index in [1.165, 1.54) is 51.4 Å². The van der Waals surface area contributed by atoms with Crippen LogP contribution >= 0.6 is 0 Å². The number of aliphatic hydroxyl groups is 2. The predicted molar refractivity (Wildman–Crippen MR) is 73.5 cm³/mol. The van der Waals surface area contributed by atoms with Crippen LogP contribution in [0.3, 0.4) is 0 Å². The van der Waals surface area contributed by atoms with E-state index in [0.717, 1.165) is 19.6 Å². The molecule has 1 unspecified atom stereocenters. The predicted octanol–water partition coefficient (Wildman–Crippen LogP) is 2.02. The molecule has 1 aliphatic carbocycles. The van der Waals surface area contributed by atoms with E-state index in [0.29, 0.717) is 19.1 Å². The zero-order valence-corrected chi connectivity index (χ0v) is 11.6. The molecule has 1 saturated heterocycles. The summed E-state index contributed by atoms with van der Waals surface area (Å²) in [6.45, 7) is 3.88. The van der Waals surface area contributed by atoms with Crippen LogP contribution in [0.15, 0.2) is 0 Å². The summed E-state index contributed by atoms with van der Waals surface area (Å²) in [6.07, 6.45) is 9.96. The first-order valence-corrected chi connectivity index (χ1v) is 7.72. The molecule has 2 rings (SSSR count). The number of hydrogen-bond acceptors (Lipinski definition) is 3. The number of piperidine rings is 1. The Bertz CT molecular complexity index is 237. The molecule has 106 valence electrons. The van der Waals surface area contributed by atoms with Crippen molar-refractivity contribution in [2.75, 3.05) is 32.8 Å². The summed E-state index contributed by atoms with van der Waals surface area (Å²) in [5.74, 6) is 0.459. The van der Waals surface area contributed by atoms with Crippen LogP contribution in [-0.2, 0) is 0 Å². The lowest BCUT2D eigenvalue weighted by molar-refractivity contribution is 0.0330. The molecule has 1 saturated carbocycles. The van der Waals surface area contributed by atoms with Crippen molar-refractivity contribution in [2.24, 2.45) is 11.3 Å². The van der Waals surface area contributed by atoms with Gasteiger partial charge in [0.25, 0.3) is 0 Å². The summed E-state index contributed by atoms with van der Waals surface area (Å²) in [5.41, 5.74) is 0.147. The molecule has 0 amide bonds. The summed E-state index contributed by atoms with van der Waals surface area (Å²) >= 11 is 0. The second-order valence-electron chi connectivity index (χ2n) is 6.50. The van der Waals surface area contributed by atoms with Gasteiger partial charge in [-0.1, -0.05) is 25.7 Å². The lowest BCUT2D eigenvalue weighted by Gasteiger charge is -2.40. The van der Waals surface area contributed by atoms with Crippen molar-refractivity contribution in [3.8, 4) is 0 Å². The van der Waals surface area contributed by atoms with Crippen LogP contribution in [0.25, 0.3) is 0 Å². The number of aliphatic hydroxyl groups excluding tert-OH is 2. The highest BCUT2D eigenvalue weighted by Gasteiger charge is 2.33. The number of hydrogen-bond donors (Lipinski definition) is 2. The highest BCUT2D eigenvalue weighted by molar-refractivity contribution is 4.86. The lowest BCUT2D eigenvalue weighted by atomic mass is 9.80. The van der Waals surface area contributed by atoms with Crippen LogP contribution in [0.5, 0.6) is 0 Å². The van der Waals surface area contributed by atoms with E-state index in [1.54, 1.807) is 0 Å². The fourth-order valence-electron chi connectivity index (χ4n) is 3.76. The van der Waals surface area contributed by atoms with Gasteiger partial charge in [0, 0.05) is 31.7 Å². The Morgan fingerprint density at radius 3 is 2.33 bits per heavy atom. The van der Waals surface area contributed by atoms with Crippen LogP contribution in [0, 0.1) is 11.3 Å². The fourth-order valence-corrected chi connectivity index (χ4v) is 3.76. The third kappa shape index (κ3) is 3.69. The van der Waals surface area contributed by atoms with E-state index >= 15 is 0 Å². The minimum Gasteiger partial charge on any atom is -0.396 e. The number of likely N-dealkylation sites (tertiary alicyclic amines) is 1. The zero-order chi connectivity index (χ0) is 12.8. The molecule has 0 bridgehead atoms. The first-order chi connectivity index (χ1) is 8.78. The van der Waals surface area contributed by atoms with E-state index in [4.69, 9.17) is 0 Å². The Labute approximate surface area is 111 Å². The zero-order valence-electron chi connectivity index (χ0n) is 11.6. The smallest absolute Gasteiger partial charge is 0.0499 e. The maximum atomic E-state index is 9.84. The van der Waals surface area contributed by atoms with Gasteiger partial charge in [-0.05, 0) is 38.1 Å². The van der Waals surface area contributed by atoms with Crippen molar-refractivity contribution in [1.29, 1.82) is 0 Å². The van der Waals surface area contributed by atoms with Gasteiger partial charge in [-0.3, -0.25) is 0 Å². The van der Waals surface area contributed by atoms with Gasteiger partial charge in [-0.15, -0.1) is 0 Å². The molecular formula is C15H29NO2. The van der Waals surface area contributed by atoms with Gasteiger partial charge < -0.3 is 15.1 Å². The van der Waals surface area contributed by atoms with E-state index < -0.39 is 0 Å². The summed E-state index contributed by atoms with van der Waals surface area (Å²) in [4.78, 5) is 2.49. The second kappa shape index (κ2) is 6.88. The van der Waals surface area contributed by atoms with Crippen molar-refractivity contribution in [3.05, 3.63) is 0 Å². The summed E-state index contributed by atoms with van der Waals surface area (Å²) in [5, 5.41) is 19.1. The van der Waals surface area contributed by atoms with E-state index in [-0.39, 0.29) is 5.41 Å². The topological polar surface area (TPSA) is 43.7 Å². The molecule has 1 atom stereocenters. The molecule has 3 heteroatoms. The Hall–Kier alpha value is -0.120. The molecule has 0 aromatic heterocycles. The average Bonchev–Trinajstić information content (AvgIpc) is 2.65. The van der Waals surface area contributed by atoms with Crippen LogP contribution in [0.4, 0.5) is 0 Å². The standard InChI is InChI=1S/C15H29NO2/c17-11-14-6-5-9-16(10-14)12-15(13-18)7-3-1-2-4-8-15/h14,17-18H,1-13H2. The molecule has 2 fully saturated rings. The highest BCUT2D eigenvalue weighted by atomic mass is 16.3. The average molecular weight is 255 g/mol. The normalized spacial score (nSPS) is 30.0. The van der Waals surface area contributed by atoms with Crippen LogP contribution in [0.2, 0.25) is 0 Å². The van der Waals surface area contributed by atoms with Crippen molar-refractivity contribution >= 4 is 0 Å². The molecular weight excluding hydrogens is 226 g/mol. The van der Waals surface area contributed by atoms with Crippen molar-refractivity contribution in [3.63, 3.8) is 0 Å². The molecule has 0 aromatic carbocycles. The molecule has 1 aliphatic heterocycles.